The summed E-state index contributed by atoms with van der Waals surface area (Å²) in [6.07, 6.45) is 9.35. The molecular weight excluding hydrogens is 520 g/mol. The average Bonchev–Trinajstić information content (AvgIpc) is 2.92. The van der Waals surface area contributed by atoms with Gasteiger partial charge in [-0.2, -0.15) is 8.42 Å². The van der Waals surface area contributed by atoms with Gasteiger partial charge in [-0.05, 0) is 42.2 Å². The van der Waals surface area contributed by atoms with Gasteiger partial charge in [0.15, 0.2) is 6.79 Å². The van der Waals surface area contributed by atoms with Crippen LogP contribution in [0.3, 0.4) is 0 Å². The number of ether oxygens (including phenoxy) is 4. The van der Waals surface area contributed by atoms with Gasteiger partial charge in [-0.15, -0.1) is 0 Å². The first-order valence-electron chi connectivity index (χ1n) is 13.6. The fraction of sp³-hybridized carbons (Fsp3) is 0.567. The van der Waals surface area contributed by atoms with Gasteiger partial charge in [0.25, 0.3) is 10.1 Å². The third-order valence-electron chi connectivity index (χ3n) is 7.40. The van der Waals surface area contributed by atoms with Gasteiger partial charge in [-0.1, -0.05) is 63.6 Å². The minimum absolute atomic E-state index is 0.178. The molecule has 8 nitrogen and oxygen atoms in total. The molecule has 216 valence electrons. The van der Waals surface area contributed by atoms with Crippen molar-refractivity contribution in [2.45, 2.75) is 69.6 Å². The summed E-state index contributed by atoms with van der Waals surface area (Å²) in [7, 11) is -0.368. The zero-order valence-corrected chi connectivity index (χ0v) is 24.4. The molecule has 2 aromatic rings. The third-order valence-corrected chi connectivity index (χ3v) is 8.00. The number of carbonyl (C=O) groups is 1. The largest absolute Gasteiger partial charge is 0.492 e. The summed E-state index contributed by atoms with van der Waals surface area (Å²) in [6, 6.07) is 13.7. The lowest BCUT2D eigenvalue weighted by Gasteiger charge is -2.43. The van der Waals surface area contributed by atoms with Crippen LogP contribution in [0.25, 0.3) is 0 Å². The lowest BCUT2D eigenvalue weighted by atomic mass is 9.66. The predicted molar refractivity (Wildman–Crippen MR) is 150 cm³/mol. The van der Waals surface area contributed by atoms with E-state index in [0.717, 1.165) is 74.5 Å². The number of rotatable bonds is 16. The second-order valence-corrected chi connectivity index (χ2v) is 12.0. The van der Waals surface area contributed by atoms with E-state index >= 15 is 0 Å². The van der Waals surface area contributed by atoms with Crippen LogP contribution in [0.4, 0.5) is 0 Å². The number of esters is 1. The van der Waals surface area contributed by atoms with Gasteiger partial charge in [0, 0.05) is 24.5 Å². The predicted octanol–water partition coefficient (Wildman–Crippen LogP) is 5.99. The molecule has 2 aromatic carbocycles. The number of hydrogen-bond donors (Lipinski definition) is 0. The molecule has 0 saturated carbocycles. The van der Waals surface area contributed by atoms with E-state index in [2.05, 4.69) is 13.0 Å². The van der Waals surface area contributed by atoms with Crippen LogP contribution in [0, 0.1) is 0 Å². The number of fused-ring (bicyclic) bond motifs is 1. The Bertz CT molecular complexity index is 1160. The SMILES string of the molecule is COCOc1ccc2c(c1)OC[C@](C)(c1ccc(C(=O)OC)cc1)[C@H]2CCCCCCCCCOS(C)(=O)=O. The van der Waals surface area contributed by atoms with Crippen molar-refractivity contribution in [1.29, 1.82) is 0 Å². The molecule has 0 bridgehead atoms. The standard InChI is InChI=1S/C30H42O8S/c1-30(24-15-13-23(14-16-24)29(31)35-3)21-36-28-20-25(37-22-34-2)17-18-26(28)27(30)12-10-8-6-5-7-9-11-19-38-39(4,32)33/h13-18,20,27H,5-12,19,21-22H2,1-4H3/t27-,30+/m0/s1. The monoisotopic (exact) mass is 562 g/mol. The summed E-state index contributed by atoms with van der Waals surface area (Å²) in [5, 5.41) is 0. The van der Waals surface area contributed by atoms with Gasteiger partial charge >= 0.3 is 5.97 Å². The van der Waals surface area contributed by atoms with Gasteiger partial charge < -0.3 is 18.9 Å². The lowest BCUT2D eigenvalue weighted by molar-refractivity contribution is 0.0506. The Labute approximate surface area is 233 Å². The van der Waals surface area contributed by atoms with Crippen molar-refractivity contribution in [1.82, 2.24) is 0 Å². The number of hydrogen-bond acceptors (Lipinski definition) is 8. The highest BCUT2D eigenvalue weighted by molar-refractivity contribution is 7.85. The normalized spacial score (nSPS) is 18.7. The molecule has 0 aliphatic carbocycles. The first-order valence-corrected chi connectivity index (χ1v) is 15.4. The zero-order chi connectivity index (χ0) is 28.3. The molecule has 1 aliphatic rings. The fourth-order valence-corrected chi connectivity index (χ4v) is 5.64. The van der Waals surface area contributed by atoms with E-state index in [1.807, 2.05) is 36.4 Å². The zero-order valence-electron chi connectivity index (χ0n) is 23.6. The van der Waals surface area contributed by atoms with Crippen molar-refractivity contribution in [2.75, 3.05) is 40.5 Å². The Kier molecular flexibility index (Phi) is 11.6. The summed E-state index contributed by atoms with van der Waals surface area (Å²) in [4.78, 5) is 12.0. The highest BCUT2D eigenvalue weighted by Gasteiger charge is 2.42. The van der Waals surface area contributed by atoms with Crippen LogP contribution >= 0.6 is 0 Å². The van der Waals surface area contributed by atoms with E-state index in [1.165, 1.54) is 7.11 Å². The Morgan fingerprint density at radius 1 is 0.974 bits per heavy atom. The molecule has 0 saturated heterocycles. The van der Waals surface area contributed by atoms with Crippen LogP contribution in [-0.2, 0) is 29.2 Å². The van der Waals surface area contributed by atoms with Gasteiger partial charge in [0.2, 0.25) is 0 Å². The Hall–Kier alpha value is -2.62. The molecule has 0 radical (unpaired) electrons. The Balaban J connectivity index is 1.64. The molecule has 1 heterocycles. The average molecular weight is 563 g/mol. The van der Waals surface area contributed by atoms with Crippen molar-refractivity contribution < 1.29 is 36.3 Å². The highest BCUT2D eigenvalue weighted by atomic mass is 32.2. The van der Waals surface area contributed by atoms with Crippen LogP contribution in [0.15, 0.2) is 42.5 Å². The van der Waals surface area contributed by atoms with E-state index in [9.17, 15) is 13.2 Å². The van der Waals surface area contributed by atoms with Crippen molar-refractivity contribution in [2.24, 2.45) is 0 Å². The van der Waals surface area contributed by atoms with Crippen LogP contribution in [0.2, 0.25) is 0 Å². The lowest BCUT2D eigenvalue weighted by Crippen LogP contribution is -2.40. The van der Waals surface area contributed by atoms with Gasteiger partial charge in [0.1, 0.15) is 11.5 Å². The summed E-state index contributed by atoms with van der Waals surface area (Å²) >= 11 is 0. The fourth-order valence-electron chi connectivity index (χ4n) is 5.22. The van der Waals surface area contributed by atoms with Crippen LogP contribution in [0.1, 0.15) is 85.7 Å². The summed E-state index contributed by atoms with van der Waals surface area (Å²) < 4.78 is 48.7. The molecule has 2 atom stereocenters. The second kappa shape index (κ2) is 14.7. The molecule has 39 heavy (non-hydrogen) atoms. The number of unbranched alkanes of at least 4 members (excludes halogenated alkanes) is 6. The minimum atomic E-state index is -3.35. The molecule has 0 amide bonds. The van der Waals surface area contributed by atoms with Crippen LogP contribution < -0.4 is 9.47 Å². The molecular formula is C30H42O8S. The molecule has 0 fully saturated rings. The van der Waals surface area contributed by atoms with Gasteiger partial charge in [-0.25, -0.2) is 4.79 Å². The molecule has 0 spiro atoms. The maximum Gasteiger partial charge on any atom is 0.337 e. The first-order chi connectivity index (χ1) is 18.7. The maximum absolute atomic E-state index is 12.0. The quantitative estimate of drug-likeness (QED) is 0.107. The highest BCUT2D eigenvalue weighted by Crippen LogP contribution is 2.49. The summed E-state index contributed by atoms with van der Waals surface area (Å²) in [6.45, 7) is 3.20. The molecule has 0 aromatic heterocycles. The number of benzene rings is 2. The Morgan fingerprint density at radius 2 is 1.64 bits per heavy atom. The number of methoxy groups -OCH3 is 2. The summed E-state index contributed by atoms with van der Waals surface area (Å²) in [5.41, 5.74) is 2.55. The Morgan fingerprint density at radius 3 is 2.28 bits per heavy atom. The van der Waals surface area contributed by atoms with Crippen molar-refractivity contribution in [3.8, 4) is 11.5 Å². The van der Waals surface area contributed by atoms with E-state index in [4.69, 9.17) is 23.1 Å². The van der Waals surface area contributed by atoms with Gasteiger partial charge in [0.05, 0.1) is 32.1 Å². The van der Waals surface area contributed by atoms with E-state index in [-0.39, 0.29) is 30.7 Å². The van der Waals surface area contributed by atoms with Crippen molar-refractivity contribution >= 4 is 16.1 Å². The molecule has 0 unspecified atom stereocenters. The molecule has 0 N–H and O–H groups in total. The molecule has 1 aliphatic heterocycles. The van der Waals surface area contributed by atoms with Gasteiger partial charge in [-0.3, -0.25) is 4.18 Å². The maximum atomic E-state index is 12.0. The number of carbonyl (C=O) groups excluding carboxylic acids is 1. The summed E-state index contributed by atoms with van der Waals surface area (Å²) in [5.74, 6) is 1.44. The van der Waals surface area contributed by atoms with Crippen molar-refractivity contribution in [3.63, 3.8) is 0 Å². The molecule has 3 rings (SSSR count). The van der Waals surface area contributed by atoms with E-state index in [1.54, 1.807) is 7.11 Å². The van der Waals surface area contributed by atoms with Crippen LogP contribution in [0.5, 0.6) is 11.5 Å². The minimum Gasteiger partial charge on any atom is -0.492 e. The van der Waals surface area contributed by atoms with Crippen molar-refractivity contribution in [3.05, 3.63) is 59.2 Å². The third kappa shape index (κ3) is 8.95. The first kappa shape index (κ1) is 30.9. The second-order valence-electron chi connectivity index (χ2n) is 10.4. The van der Waals surface area contributed by atoms with E-state index in [0.29, 0.717) is 17.9 Å². The molecule has 9 heteroatoms. The smallest absolute Gasteiger partial charge is 0.337 e. The van der Waals surface area contributed by atoms with E-state index < -0.39 is 10.1 Å². The topological polar surface area (TPSA) is 97.4 Å². The van der Waals surface area contributed by atoms with Crippen LogP contribution in [-0.4, -0.2) is 54.9 Å².